The maximum atomic E-state index is 10.5. The zero-order valence-corrected chi connectivity index (χ0v) is 14.4. The minimum absolute atomic E-state index is 0.398. The lowest BCUT2D eigenvalue weighted by Gasteiger charge is -2.32. The highest BCUT2D eigenvalue weighted by Crippen LogP contribution is 2.30. The molecule has 0 aromatic heterocycles. The van der Waals surface area contributed by atoms with Gasteiger partial charge in [-0.15, -0.1) is 0 Å². The zero-order chi connectivity index (χ0) is 15.1. The quantitative estimate of drug-likeness (QED) is 0.725. The molecular weight excluding hydrogens is 330 g/mol. The van der Waals surface area contributed by atoms with E-state index in [0.29, 0.717) is 6.61 Å². The van der Waals surface area contributed by atoms with Gasteiger partial charge in [-0.05, 0) is 44.0 Å². The summed E-state index contributed by atoms with van der Waals surface area (Å²) in [5.41, 5.74) is 0.497. The van der Waals surface area contributed by atoms with Crippen LogP contribution in [-0.2, 0) is 6.54 Å². The maximum Gasteiger partial charge on any atom is 0.124 e. The van der Waals surface area contributed by atoms with Crippen LogP contribution in [0.25, 0.3) is 0 Å². The molecular formula is C17H26BrNO2. The molecule has 3 nitrogen and oxygen atoms in total. The van der Waals surface area contributed by atoms with Gasteiger partial charge in [0.2, 0.25) is 0 Å². The molecule has 4 heteroatoms. The van der Waals surface area contributed by atoms with Crippen LogP contribution in [0.3, 0.4) is 0 Å². The average molecular weight is 356 g/mol. The van der Waals surface area contributed by atoms with Gasteiger partial charge >= 0.3 is 0 Å². The molecule has 1 aliphatic carbocycles. The molecule has 2 N–H and O–H groups in total. The number of aliphatic hydroxyl groups is 1. The summed E-state index contributed by atoms with van der Waals surface area (Å²) >= 11 is 3.51. The van der Waals surface area contributed by atoms with E-state index >= 15 is 0 Å². The highest BCUT2D eigenvalue weighted by atomic mass is 79.9. The third-order valence-electron chi connectivity index (χ3n) is 4.05. The Balaban J connectivity index is 1.97. The van der Waals surface area contributed by atoms with Gasteiger partial charge in [0.05, 0.1) is 5.60 Å². The Morgan fingerprint density at radius 3 is 2.76 bits per heavy atom. The standard InChI is InChI=1S/C17H26BrNO2/c1-2-10-19-12-14-11-15(18)6-7-16(14)21-13-17(20)8-4-3-5-9-17/h6-7,11,19-20H,2-5,8-10,12-13H2,1H3. The van der Waals surface area contributed by atoms with Crippen molar-refractivity contribution in [1.82, 2.24) is 5.32 Å². The topological polar surface area (TPSA) is 41.5 Å². The van der Waals surface area contributed by atoms with Crippen molar-refractivity contribution in [1.29, 1.82) is 0 Å². The summed E-state index contributed by atoms with van der Waals surface area (Å²) in [5, 5.41) is 13.9. The fourth-order valence-corrected chi connectivity index (χ4v) is 3.20. The number of ether oxygens (including phenoxy) is 1. The van der Waals surface area contributed by atoms with Crippen LogP contribution in [0.4, 0.5) is 0 Å². The number of nitrogens with one attached hydrogen (secondary N) is 1. The summed E-state index contributed by atoms with van der Waals surface area (Å²) in [5.74, 6) is 0.876. The van der Waals surface area contributed by atoms with Crippen molar-refractivity contribution in [2.24, 2.45) is 0 Å². The van der Waals surface area contributed by atoms with Crippen LogP contribution in [0.15, 0.2) is 22.7 Å². The highest BCUT2D eigenvalue weighted by molar-refractivity contribution is 9.10. The molecule has 0 spiro atoms. The molecule has 0 amide bonds. The lowest BCUT2D eigenvalue weighted by molar-refractivity contribution is -0.0341. The zero-order valence-electron chi connectivity index (χ0n) is 12.8. The molecule has 0 aliphatic heterocycles. The van der Waals surface area contributed by atoms with Crippen molar-refractivity contribution >= 4 is 15.9 Å². The molecule has 0 saturated heterocycles. The fourth-order valence-electron chi connectivity index (χ4n) is 2.79. The Morgan fingerprint density at radius 2 is 2.05 bits per heavy atom. The van der Waals surface area contributed by atoms with Gasteiger partial charge in [-0.1, -0.05) is 42.1 Å². The van der Waals surface area contributed by atoms with Gasteiger partial charge in [0, 0.05) is 16.6 Å². The van der Waals surface area contributed by atoms with E-state index in [0.717, 1.165) is 61.0 Å². The monoisotopic (exact) mass is 355 g/mol. The molecule has 1 saturated carbocycles. The molecule has 0 heterocycles. The van der Waals surface area contributed by atoms with Gasteiger partial charge in [0.15, 0.2) is 0 Å². The molecule has 1 aromatic carbocycles. The van der Waals surface area contributed by atoms with Crippen molar-refractivity contribution in [3.63, 3.8) is 0 Å². The van der Waals surface area contributed by atoms with Gasteiger partial charge in [-0.25, -0.2) is 0 Å². The van der Waals surface area contributed by atoms with Crippen molar-refractivity contribution in [2.75, 3.05) is 13.2 Å². The third-order valence-corrected chi connectivity index (χ3v) is 4.54. The van der Waals surface area contributed by atoms with E-state index in [1.165, 1.54) is 6.42 Å². The first-order chi connectivity index (χ1) is 10.1. The molecule has 118 valence electrons. The smallest absolute Gasteiger partial charge is 0.124 e. The Kier molecular flexibility index (Phi) is 6.52. The number of halogens is 1. The third kappa shape index (κ3) is 5.28. The van der Waals surface area contributed by atoms with E-state index in [1.807, 2.05) is 12.1 Å². The minimum atomic E-state index is -0.639. The van der Waals surface area contributed by atoms with Crippen LogP contribution in [0.5, 0.6) is 5.75 Å². The maximum absolute atomic E-state index is 10.5. The predicted molar refractivity (Wildman–Crippen MR) is 89.7 cm³/mol. The van der Waals surface area contributed by atoms with Crippen molar-refractivity contribution in [3.05, 3.63) is 28.2 Å². The lowest BCUT2D eigenvalue weighted by atomic mass is 9.85. The molecule has 1 aromatic rings. The van der Waals surface area contributed by atoms with Gasteiger partial charge in [-0.3, -0.25) is 0 Å². The van der Waals surface area contributed by atoms with E-state index in [9.17, 15) is 5.11 Å². The Labute approximate surface area is 136 Å². The van der Waals surface area contributed by atoms with E-state index in [-0.39, 0.29) is 0 Å². The van der Waals surface area contributed by atoms with Crippen LogP contribution >= 0.6 is 15.9 Å². The second kappa shape index (κ2) is 8.16. The summed E-state index contributed by atoms with van der Waals surface area (Å²) in [4.78, 5) is 0. The summed E-state index contributed by atoms with van der Waals surface area (Å²) < 4.78 is 7.01. The molecule has 1 aliphatic rings. The first-order valence-electron chi connectivity index (χ1n) is 7.97. The fraction of sp³-hybridized carbons (Fsp3) is 0.647. The summed E-state index contributed by atoms with van der Waals surface area (Å²) in [6.07, 6.45) is 6.26. The van der Waals surface area contributed by atoms with Crippen LogP contribution in [0.2, 0.25) is 0 Å². The van der Waals surface area contributed by atoms with Gasteiger partial charge in [0.1, 0.15) is 12.4 Å². The first kappa shape index (κ1) is 16.8. The summed E-state index contributed by atoms with van der Waals surface area (Å²) in [6, 6.07) is 6.06. The number of hydrogen-bond donors (Lipinski definition) is 2. The molecule has 1 fully saturated rings. The summed E-state index contributed by atoms with van der Waals surface area (Å²) in [7, 11) is 0. The Hall–Kier alpha value is -0.580. The van der Waals surface area contributed by atoms with Crippen LogP contribution < -0.4 is 10.1 Å². The molecule has 0 bridgehead atoms. The highest BCUT2D eigenvalue weighted by Gasteiger charge is 2.30. The molecule has 0 unspecified atom stereocenters. The van der Waals surface area contributed by atoms with E-state index < -0.39 is 5.60 Å². The van der Waals surface area contributed by atoms with Crippen molar-refractivity contribution in [3.8, 4) is 5.75 Å². The largest absolute Gasteiger partial charge is 0.490 e. The van der Waals surface area contributed by atoms with Crippen LogP contribution in [0, 0.1) is 0 Å². The average Bonchev–Trinajstić information content (AvgIpc) is 2.47. The predicted octanol–water partition coefficient (Wildman–Crippen LogP) is 4.02. The van der Waals surface area contributed by atoms with Gasteiger partial charge in [0.25, 0.3) is 0 Å². The van der Waals surface area contributed by atoms with Crippen LogP contribution in [-0.4, -0.2) is 23.9 Å². The van der Waals surface area contributed by atoms with Crippen LogP contribution in [0.1, 0.15) is 51.0 Å². The lowest BCUT2D eigenvalue weighted by Crippen LogP contribution is -2.38. The van der Waals surface area contributed by atoms with Crippen molar-refractivity contribution in [2.45, 2.75) is 57.6 Å². The van der Waals surface area contributed by atoms with E-state index in [4.69, 9.17) is 4.74 Å². The number of hydrogen-bond acceptors (Lipinski definition) is 3. The molecule has 0 radical (unpaired) electrons. The normalized spacial score (nSPS) is 17.7. The second-order valence-electron chi connectivity index (χ2n) is 6.00. The summed E-state index contributed by atoms with van der Waals surface area (Å²) in [6.45, 7) is 4.34. The van der Waals surface area contributed by atoms with Gasteiger partial charge < -0.3 is 15.2 Å². The van der Waals surface area contributed by atoms with E-state index in [1.54, 1.807) is 0 Å². The molecule has 2 rings (SSSR count). The second-order valence-corrected chi connectivity index (χ2v) is 6.92. The molecule has 21 heavy (non-hydrogen) atoms. The number of rotatable bonds is 7. The van der Waals surface area contributed by atoms with Gasteiger partial charge in [-0.2, -0.15) is 0 Å². The van der Waals surface area contributed by atoms with Crippen molar-refractivity contribution < 1.29 is 9.84 Å². The minimum Gasteiger partial charge on any atom is -0.490 e. The SMILES string of the molecule is CCCNCc1cc(Br)ccc1OCC1(O)CCCCC1. The first-order valence-corrected chi connectivity index (χ1v) is 8.76. The Bertz CT molecular complexity index is 444. The Morgan fingerprint density at radius 1 is 1.29 bits per heavy atom. The van der Waals surface area contributed by atoms with E-state index in [2.05, 4.69) is 34.2 Å². The molecule has 0 atom stereocenters. The number of benzene rings is 1.